The van der Waals surface area contributed by atoms with E-state index < -0.39 is 21.8 Å². The van der Waals surface area contributed by atoms with Crippen LogP contribution in [-0.2, 0) is 14.6 Å². The summed E-state index contributed by atoms with van der Waals surface area (Å²) in [6.07, 6.45) is -0.272. The van der Waals surface area contributed by atoms with Crippen LogP contribution in [-0.4, -0.2) is 25.6 Å². The van der Waals surface area contributed by atoms with Crippen molar-refractivity contribution in [1.29, 1.82) is 5.26 Å². The van der Waals surface area contributed by atoms with Crippen molar-refractivity contribution >= 4 is 21.4 Å². The van der Waals surface area contributed by atoms with Crippen LogP contribution in [0.3, 0.4) is 0 Å². The Bertz CT molecular complexity index is 1190. The highest BCUT2D eigenvalue weighted by Crippen LogP contribution is 2.30. The van der Waals surface area contributed by atoms with E-state index in [0.29, 0.717) is 11.5 Å². The van der Waals surface area contributed by atoms with Crippen molar-refractivity contribution in [3.8, 4) is 17.6 Å². The first-order valence-electron chi connectivity index (χ1n) is 9.20. The number of amides is 1. The summed E-state index contributed by atoms with van der Waals surface area (Å²) in [5.41, 5.74) is 1.61. The molecule has 3 aromatic rings. The SMILES string of the molecule is N#CCC(Nc1ccccc1S(=O)(=O)c1ccc(Oc2ccccc2)cc1)C(=O)NO. The molecule has 0 aromatic heterocycles. The van der Waals surface area contributed by atoms with Gasteiger partial charge < -0.3 is 10.1 Å². The molecule has 3 N–H and O–H groups in total. The number of nitrogens with zero attached hydrogens (tertiary/aromatic N) is 1. The molecular formula is C22H19N3O5S. The zero-order valence-electron chi connectivity index (χ0n) is 16.2. The lowest BCUT2D eigenvalue weighted by Gasteiger charge is -2.18. The Labute approximate surface area is 179 Å². The van der Waals surface area contributed by atoms with Crippen LogP contribution in [0.25, 0.3) is 0 Å². The maximum Gasteiger partial charge on any atom is 0.266 e. The van der Waals surface area contributed by atoms with Crippen LogP contribution in [0, 0.1) is 11.3 Å². The number of anilines is 1. The van der Waals surface area contributed by atoms with E-state index in [1.807, 2.05) is 24.3 Å². The topological polar surface area (TPSA) is 129 Å². The highest BCUT2D eigenvalue weighted by atomic mass is 32.2. The van der Waals surface area contributed by atoms with Gasteiger partial charge in [-0.3, -0.25) is 10.0 Å². The molecule has 158 valence electrons. The van der Waals surface area contributed by atoms with Crippen LogP contribution >= 0.6 is 0 Å². The maximum absolute atomic E-state index is 13.2. The normalized spacial score (nSPS) is 11.7. The molecule has 0 heterocycles. The van der Waals surface area contributed by atoms with Gasteiger partial charge in [0.1, 0.15) is 17.5 Å². The Morgan fingerprint density at radius 2 is 1.58 bits per heavy atom. The molecule has 0 radical (unpaired) electrons. The lowest BCUT2D eigenvalue weighted by molar-refractivity contribution is -0.129. The summed E-state index contributed by atoms with van der Waals surface area (Å²) in [6.45, 7) is 0. The second-order valence-corrected chi connectivity index (χ2v) is 8.34. The van der Waals surface area contributed by atoms with Crippen molar-refractivity contribution < 1.29 is 23.2 Å². The molecule has 0 bridgehead atoms. The van der Waals surface area contributed by atoms with Gasteiger partial charge in [-0.25, -0.2) is 13.9 Å². The quantitative estimate of drug-likeness (QED) is 0.363. The summed E-state index contributed by atoms with van der Waals surface area (Å²) < 4.78 is 32.1. The van der Waals surface area contributed by atoms with E-state index in [0.717, 1.165) is 0 Å². The third-order valence-corrected chi connectivity index (χ3v) is 6.17. The van der Waals surface area contributed by atoms with Gasteiger partial charge in [0, 0.05) is 0 Å². The molecule has 31 heavy (non-hydrogen) atoms. The van der Waals surface area contributed by atoms with E-state index >= 15 is 0 Å². The molecule has 1 unspecified atom stereocenters. The Morgan fingerprint density at radius 3 is 2.23 bits per heavy atom. The summed E-state index contributed by atoms with van der Waals surface area (Å²) in [5.74, 6) is 0.250. The molecule has 0 aliphatic heterocycles. The smallest absolute Gasteiger partial charge is 0.266 e. The molecule has 0 fully saturated rings. The average Bonchev–Trinajstić information content (AvgIpc) is 2.79. The van der Waals surface area contributed by atoms with Crippen molar-refractivity contribution in [3.05, 3.63) is 78.9 Å². The van der Waals surface area contributed by atoms with Gasteiger partial charge in [-0.2, -0.15) is 5.26 Å². The molecule has 0 spiro atoms. The molecule has 3 rings (SSSR count). The number of rotatable bonds is 8. The fraction of sp³-hybridized carbons (Fsp3) is 0.0909. The number of hydroxylamine groups is 1. The second-order valence-electron chi connectivity index (χ2n) is 6.42. The minimum absolute atomic E-state index is 0.0330. The van der Waals surface area contributed by atoms with Gasteiger partial charge in [0.2, 0.25) is 9.84 Å². The molecule has 0 aliphatic carbocycles. The molecule has 0 saturated heterocycles. The van der Waals surface area contributed by atoms with Crippen molar-refractivity contribution in [3.63, 3.8) is 0 Å². The van der Waals surface area contributed by atoms with Crippen LogP contribution in [0.5, 0.6) is 11.5 Å². The van der Waals surface area contributed by atoms with Crippen LogP contribution in [0.2, 0.25) is 0 Å². The van der Waals surface area contributed by atoms with Gasteiger partial charge in [-0.15, -0.1) is 0 Å². The highest BCUT2D eigenvalue weighted by Gasteiger charge is 2.25. The van der Waals surface area contributed by atoms with Gasteiger partial charge in [-0.05, 0) is 48.5 Å². The van der Waals surface area contributed by atoms with Crippen molar-refractivity contribution in [2.45, 2.75) is 22.3 Å². The van der Waals surface area contributed by atoms with Crippen molar-refractivity contribution in [1.82, 2.24) is 5.48 Å². The standard InChI is InChI=1S/C22H19N3O5S/c23-15-14-20(22(26)25-27)24-19-8-4-5-9-21(19)31(28,29)18-12-10-17(11-13-18)30-16-6-2-1-3-7-16/h1-13,20,24,27H,14H2,(H,25,26). The van der Waals surface area contributed by atoms with E-state index in [4.69, 9.17) is 15.2 Å². The zero-order chi connectivity index (χ0) is 22.3. The number of hydrogen-bond acceptors (Lipinski definition) is 7. The molecule has 8 nitrogen and oxygen atoms in total. The Morgan fingerprint density at radius 1 is 0.968 bits per heavy atom. The molecule has 1 amide bonds. The van der Waals surface area contributed by atoms with Gasteiger partial charge in [0.25, 0.3) is 5.91 Å². The predicted octanol–water partition coefficient (Wildman–Crippen LogP) is 3.51. The average molecular weight is 437 g/mol. The molecule has 0 saturated carbocycles. The third kappa shape index (κ3) is 5.19. The molecular weight excluding hydrogens is 418 g/mol. The number of nitrogens with one attached hydrogen (secondary N) is 2. The first-order chi connectivity index (χ1) is 15.0. The number of nitriles is 1. The molecule has 3 aromatic carbocycles. The first-order valence-corrected chi connectivity index (χ1v) is 10.7. The number of ether oxygens (including phenoxy) is 1. The van der Waals surface area contributed by atoms with Crippen LogP contribution in [0.1, 0.15) is 6.42 Å². The van der Waals surface area contributed by atoms with Crippen LogP contribution in [0.15, 0.2) is 88.7 Å². The summed E-state index contributed by atoms with van der Waals surface area (Å²) >= 11 is 0. The Kier molecular flexibility index (Phi) is 6.87. The van der Waals surface area contributed by atoms with E-state index in [1.54, 1.807) is 36.4 Å². The summed E-state index contributed by atoms with van der Waals surface area (Å²) in [4.78, 5) is 11.8. The monoisotopic (exact) mass is 437 g/mol. The van der Waals surface area contributed by atoms with E-state index in [2.05, 4.69) is 5.32 Å². The van der Waals surface area contributed by atoms with E-state index in [1.165, 1.54) is 29.7 Å². The fourth-order valence-electron chi connectivity index (χ4n) is 2.82. The zero-order valence-corrected chi connectivity index (χ0v) is 17.0. The number of benzene rings is 3. The summed E-state index contributed by atoms with van der Waals surface area (Å²) in [6, 6.07) is 21.8. The Balaban J connectivity index is 1.88. The minimum Gasteiger partial charge on any atom is -0.457 e. The van der Waals surface area contributed by atoms with Crippen LogP contribution in [0.4, 0.5) is 5.69 Å². The van der Waals surface area contributed by atoms with Gasteiger partial charge >= 0.3 is 0 Å². The lowest BCUT2D eigenvalue weighted by atomic mass is 10.2. The molecule has 9 heteroatoms. The van der Waals surface area contributed by atoms with Gasteiger partial charge in [0.05, 0.1) is 28.0 Å². The Hall–Kier alpha value is -3.87. The predicted molar refractivity (Wildman–Crippen MR) is 112 cm³/mol. The largest absolute Gasteiger partial charge is 0.457 e. The van der Waals surface area contributed by atoms with Crippen LogP contribution < -0.4 is 15.5 Å². The number of hydrogen-bond donors (Lipinski definition) is 3. The van der Waals surface area contributed by atoms with Gasteiger partial charge in [0.15, 0.2) is 0 Å². The molecule has 0 aliphatic rings. The summed E-state index contributed by atoms with van der Waals surface area (Å²) in [7, 11) is -3.95. The third-order valence-electron chi connectivity index (χ3n) is 4.34. The minimum atomic E-state index is -3.95. The van der Waals surface area contributed by atoms with E-state index in [-0.39, 0.29) is 21.9 Å². The lowest BCUT2D eigenvalue weighted by Crippen LogP contribution is -2.38. The number of carbonyl (C=O) groups is 1. The number of sulfone groups is 1. The summed E-state index contributed by atoms with van der Waals surface area (Å²) in [5, 5.41) is 20.5. The first kappa shape index (κ1) is 21.8. The van der Waals surface area contributed by atoms with E-state index in [9.17, 15) is 13.2 Å². The molecule has 1 atom stereocenters. The second kappa shape index (κ2) is 9.75. The number of para-hydroxylation sites is 2. The fourth-order valence-corrected chi connectivity index (χ4v) is 4.25. The maximum atomic E-state index is 13.2. The van der Waals surface area contributed by atoms with Crippen molar-refractivity contribution in [2.75, 3.05) is 5.32 Å². The highest BCUT2D eigenvalue weighted by molar-refractivity contribution is 7.91. The van der Waals surface area contributed by atoms with Gasteiger partial charge in [-0.1, -0.05) is 30.3 Å². The number of carbonyl (C=O) groups excluding carboxylic acids is 1. The van der Waals surface area contributed by atoms with Crippen molar-refractivity contribution in [2.24, 2.45) is 0 Å².